The molecule has 1 aliphatic heterocycles. The lowest BCUT2D eigenvalue weighted by Crippen LogP contribution is -2.51. The number of esters is 1. The van der Waals surface area contributed by atoms with E-state index in [0.29, 0.717) is 5.02 Å². The Bertz CT molecular complexity index is 1100. The molecule has 0 aromatic heterocycles. The SMILES string of the molecule is COC(=O)[C@H](Cc1ccccc1)N[C@H]1CS(=O)(=O)C[C@@H]1S(=O)(=O)c1ccc(Cl)cc1. The van der Waals surface area contributed by atoms with Crippen LogP contribution in [0.4, 0.5) is 0 Å². The Morgan fingerprint density at radius 1 is 1.13 bits per heavy atom. The predicted octanol–water partition coefficient (Wildman–Crippen LogP) is 1.65. The fourth-order valence-corrected chi connectivity index (χ4v) is 8.34. The maximum atomic E-state index is 13.2. The molecule has 162 valence electrons. The maximum Gasteiger partial charge on any atom is 0.323 e. The molecule has 1 fully saturated rings. The molecule has 0 spiro atoms. The van der Waals surface area contributed by atoms with Crippen molar-refractivity contribution < 1.29 is 26.4 Å². The summed E-state index contributed by atoms with van der Waals surface area (Å²) in [6, 6.07) is 12.8. The zero-order valence-electron chi connectivity index (χ0n) is 16.2. The van der Waals surface area contributed by atoms with Gasteiger partial charge in [-0.1, -0.05) is 41.9 Å². The molecule has 7 nitrogen and oxygen atoms in total. The first-order valence-electron chi connectivity index (χ1n) is 9.20. The Kier molecular flexibility index (Phi) is 6.86. The van der Waals surface area contributed by atoms with E-state index in [1.807, 2.05) is 30.3 Å². The Morgan fingerprint density at radius 2 is 1.77 bits per heavy atom. The smallest absolute Gasteiger partial charge is 0.323 e. The summed E-state index contributed by atoms with van der Waals surface area (Å²) in [6.45, 7) is 0. The van der Waals surface area contributed by atoms with Gasteiger partial charge >= 0.3 is 5.97 Å². The van der Waals surface area contributed by atoms with Gasteiger partial charge in [-0.25, -0.2) is 16.8 Å². The van der Waals surface area contributed by atoms with Crippen LogP contribution in [0.3, 0.4) is 0 Å². The second-order valence-electron chi connectivity index (χ2n) is 7.15. The van der Waals surface area contributed by atoms with Gasteiger partial charge in [0.2, 0.25) is 0 Å². The lowest BCUT2D eigenvalue weighted by molar-refractivity contribution is -0.143. The molecule has 0 aliphatic carbocycles. The summed E-state index contributed by atoms with van der Waals surface area (Å²) in [7, 11) is -6.36. The molecular weight excluding hydrogens is 450 g/mol. The number of carbonyl (C=O) groups excluding carboxylic acids is 1. The minimum Gasteiger partial charge on any atom is -0.468 e. The van der Waals surface area contributed by atoms with Crippen molar-refractivity contribution >= 4 is 37.2 Å². The van der Waals surface area contributed by atoms with Gasteiger partial charge in [0.25, 0.3) is 0 Å². The van der Waals surface area contributed by atoms with Gasteiger partial charge in [-0.2, -0.15) is 0 Å². The summed E-state index contributed by atoms with van der Waals surface area (Å²) < 4.78 is 55.8. The van der Waals surface area contributed by atoms with Gasteiger partial charge in [-0.3, -0.25) is 10.1 Å². The number of nitrogens with one attached hydrogen (secondary N) is 1. The molecule has 1 saturated heterocycles. The zero-order chi connectivity index (χ0) is 21.9. The largest absolute Gasteiger partial charge is 0.468 e. The van der Waals surface area contributed by atoms with Crippen molar-refractivity contribution in [3.63, 3.8) is 0 Å². The molecule has 1 aliphatic rings. The number of benzene rings is 2. The van der Waals surface area contributed by atoms with Crippen LogP contribution in [0.2, 0.25) is 5.02 Å². The molecule has 3 rings (SSSR count). The number of rotatable bonds is 7. The summed E-state index contributed by atoms with van der Waals surface area (Å²) in [6.07, 6.45) is 0.234. The number of carbonyl (C=O) groups is 1. The fourth-order valence-electron chi connectivity index (χ4n) is 3.54. The Labute approximate surface area is 181 Å². The highest BCUT2D eigenvalue weighted by molar-refractivity contribution is 7.96. The third-order valence-electron chi connectivity index (χ3n) is 5.02. The molecule has 0 radical (unpaired) electrons. The molecular formula is C20H22ClNO6S2. The molecule has 0 bridgehead atoms. The van der Waals surface area contributed by atoms with Crippen molar-refractivity contribution in [3.05, 3.63) is 65.2 Å². The van der Waals surface area contributed by atoms with Crippen molar-refractivity contribution in [1.29, 1.82) is 0 Å². The zero-order valence-corrected chi connectivity index (χ0v) is 18.6. The molecule has 0 unspecified atom stereocenters. The maximum absolute atomic E-state index is 13.2. The standard InChI is InChI=1S/C20H22ClNO6S2/c1-28-20(23)17(11-14-5-3-2-4-6-14)22-18-12-29(24,25)13-19(18)30(26,27)16-9-7-15(21)8-10-16/h2-10,17-19,22H,11-13H2,1H3/t17-,18-,19-/m0/s1. The van der Waals surface area contributed by atoms with Crippen LogP contribution in [-0.2, 0) is 35.6 Å². The Morgan fingerprint density at radius 3 is 2.37 bits per heavy atom. The summed E-state index contributed by atoms with van der Waals surface area (Å²) in [5, 5.41) is 2.09. The van der Waals surface area contributed by atoms with Crippen molar-refractivity contribution in [2.45, 2.75) is 28.6 Å². The molecule has 1 heterocycles. The molecule has 2 aromatic rings. The lowest BCUT2D eigenvalue weighted by Gasteiger charge is -2.25. The second-order valence-corrected chi connectivity index (χ2v) is 11.9. The van der Waals surface area contributed by atoms with Crippen LogP contribution in [0.25, 0.3) is 0 Å². The number of hydrogen-bond donors (Lipinski definition) is 1. The van der Waals surface area contributed by atoms with Crippen molar-refractivity contribution in [3.8, 4) is 0 Å². The number of methoxy groups -OCH3 is 1. The normalized spacial score (nSPS) is 21.8. The van der Waals surface area contributed by atoms with Crippen LogP contribution in [-0.4, -0.2) is 58.8 Å². The Balaban J connectivity index is 1.90. The fraction of sp³-hybridized carbons (Fsp3) is 0.350. The first kappa shape index (κ1) is 22.7. The van der Waals surface area contributed by atoms with Crippen LogP contribution in [0.1, 0.15) is 5.56 Å². The van der Waals surface area contributed by atoms with Crippen molar-refractivity contribution in [1.82, 2.24) is 5.32 Å². The summed E-state index contributed by atoms with van der Waals surface area (Å²) in [5.41, 5.74) is 0.832. The highest BCUT2D eigenvalue weighted by atomic mass is 35.5. The number of hydrogen-bond acceptors (Lipinski definition) is 7. The summed E-state index contributed by atoms with van der Waals surface area (Å²) in [4.78, 5) is 12.3. The molecule has 0 amide bonds. The van der Waals surface area contributed by atoms with Gasteiger partial charge in [-0.05, 0) is 36.2 Å². The van der Waals surface area contributed by atoms with Gasteiger partial charge < -0.3 is 4.74 Å². The van der Waals surface area contributed by atoms with Crippen LogP contribution in [0, 0.1) is 0 Å². The number of halogens is 1. The minimum absolute atomic E-state index is 0.0153. The average molecular weight is 472 g/mol. The van der Waals surface area contributed by atoms with E-state index >= 15 is 0 Å². The van der Waals surface area contributed by atoms with E-state index in [1.165, 1.54) is 31.4 Å². The van der Waals surface area contributed by atoms with E-state index in [4.69, 9.17) is 16.3 Å². The van der Waals surface area contributed by atoms with E-state index in [2.05, 4.69) is 5.32 Å². The number of ether oxygens (including phenoxy) is 1. The highest BCUT2D eigenvalue weighted by Crippen LogP contribution is 2.27. The number of sulfone groups is 2. The molecule has 0 saturated carbocycles. The van der Waals surface area contributed by atoms with E-state index in [1.54, 1.807) is 0 Å². The molecule has 10 heteroatoms. The molecule has 2 aromatic carbocycles. The van der Waals surface area contributed by atoms with E-state index in [-0.39, 0.29) is 17.1 Å². The Hall–Kier alpha value is -1.94. The molecule has 30 heavy (non-hydrogen) atoms. The van der Waals surface area contributed by atoms with Gasteiger partial charge in [0.05, 0.1) is 28.8 Å². The quantitative estimate of drug-likeness (QED) is 0.612. The van der Waals surface area contributed by atoms with Gasteiger partial charge in [0, 0.05) is 11.1 Å². The van der Waals surface area contributed by atoms with E-state index < -0.39 is 48.7 Å². The first-order valence-corrected chi connectivity index (χ1v) is 12.9. The van der Waals surface area contributed by atoms with Crippen LogP contribution in [0.15, 0.2) is 59.5 Å². The third kappa shape index (κ3) is 5.21. The highest BCUT2D eigenvalue weighted by Gasteiger charge is 2.47. The third-order valence-corrected chi connectivity index (χ3v) is 9.44. The van der Waals surface area contributed by atoms with E-state index in [0.717, 1.165) is 5.56 Å². The summed E-state index contributed by atoms with van der Waals surface area (Å²) in [5.74, 6) is -1.49. The first-order chi connectivity index (χ1) is 14.1. The van der Waals surface area contributed by atoms with Crippen molar-refractivity contribution in [2.75, 3.05) is 18.6 Å². The van der Waals surface area contributed by atoms with Crippen molar-refractivity contribution in [2.24, 2.45) is 0 Å². The van der Waals surface area contributed by atoms with Crippen LogP contribution < -0.4 is 5.32 Å². The molecule has 1 N–H and O–H groups in total. The predicted molar refractivity (Wildman–Crippen MR) is 114 cm³/mol. The van der Waals surface area contributed by atoms with E-state index in [9.17, 15) is 21.6 Å². The topological polar surface area (TPSA) is 107 Å². The lowest BCUT2D eigenvalue weighted by atomic mass is 10.0. The van der Waals surface area contributed by atoms with Crippen LogP contribution in [0.5, 0.6) is 0 Å². The molecule has 3 atom stereocenters. The van der Waals surface area contributed by atoms with Crippen LogP contribution >= 0.6 is 11.6 Å². The minimum atomic E-state index is -3.98. The summed E-state index contributed by atoms with van der Waals surface area (Å²) >= 11 is 5.84. The second kappa shape index (κ2) is 9.05. The van der Waals surface area contributed by atoms with Gasteiger partial charge in [-0.15, -0.1) is 0 Å². The monoisotopic (exact) mass is 471 g/mol. The van der Waals surface area contributed by atoms with Gasteiger partial charge in [0.15, 0.2) is 19.7 Å². The van der Waals surface area contributed by atoms with Gasteiger partial charge in [0.1, 0.15) is 6.04 Å². The average Bonchev–Trinajstić information content (AvgIpc) is 3.03.